The molecule has 0 saturated carbocycles. The van der Waals surface area contributed by atoms with Gasteiger partial charge in [-0.1, -0.05) is 0 Å². The van der Waals surface area contributed by atoms with Crippen LogP contribution in [0.15, 0.2) is 18.2 Å². The lowest BCUT2D eigenvalue weighted by Gasteiger charge is -2.36. The third kappa shape index (κ3) is 3.08. The molecule has 4 N–H and O–H groups in total. The maximum Gasteiger partial charge on any atom is 0.253 e. The van der Waals surface area contributed by atoms with E-state index in [1.807, 2.05) is 4.90 Å². The van der Waals surface area contributed by atoms with E-state index in [0.717, 1.165) is 0 Å². The first-order valence-corrected chi connectivity index (χ1v) is 6.66. The highest BCUT2D eigenvalue weighted by molar-refractivity contribution is 5.96. The summed E-state index contributed by atoms with van der Waals surface area (Å²) in [5.74, 6) is -0.579. The van der Waals surface area contributed by atoms with E-state index in [-0.39, 0.29) is 12.5 Å². The first-order chi connectivity index (χ1) is 9.91. The Bertz CT molecular complexity index is 559. The molecule has 1 saturated heterocycles. The number of amides is 2. The molecule has 1 unspecified atom stereocenters. The van der Waals surface area contributed by atoms with Crippen LogP contribution in [0.5, 0.6) is 0 Å². The minimum absolute atomic E-state index is 0.123. The lowest BCUT2D eigenvalue weighted by molar-refractivity contribution is -0.121. The monoisotopic (exact) mass is 292 g/mol. The van der Waals surface area contributed by atoms with Crippen molar-refractivity contribution in [3.63, 3.8) is 0 Å². The number of benzene rings is 1. The van der Waals surface area contributed by atoms with E-state index in [9.17, 15) is 9.59 Å². The number of primary amides is 1. The highest BCUT2D eigenvalue weighted by atomic mass is 16.5. The second-order valence-electron chi connectivity index (χ2n) is 5.16. The van der Waals surface area contributed by atoms with Gasteiger partial charge in [0.25, 0.3) is 5.91 Å². The number of carbonyl (C=O) groups is 2. The summed E-state index contributed by atoms with van der Waals surface area (Å²) in [6, 6.07) is 4.51. The lowest BCUT2D eigenvalue weighted by atomic mass is 10.1. The molecule has 0 bridgehead atoms. The molecule has 1 aromatic carbocycles. The Morgan fingerprint density at radius 3 is 2.67 bits per heavy atom. The predicted molar refractivity (Wildman–Crippen MR) is 80.0 cm³/mol. The van der Waals surface area contributed by atoms with Crippen molar-refractivity contribution in [3.05, 3.63) is 23.8 Å². The van der Waals surface area contributed by atoms with Crippen LogP contribution >= 0.6 is 0 Å². The van der Waals surface area contributed by atoms with Crippen LogP contribution in [0.1, 0.15) is 10.4 Å². The van der Waals surface area contributed by atoms with Gasteiger partial charge in [-0.2, -0.15) is 0 Å². The molecule has 2 rings (SSSR count). The molecule has 0 spiro atoms. The van der Waals surface area contributed by atoms with Gasteiger partial charge in [-0.05, 0) is 18.2 Å². The summed E-state index contributed by atoms with van der Waals surface area (Å²) in [7, 11) is 3.36. The average Bonchev–Trinajstić information content (AvgIpc) is 2.46. The maximum atomic E-state index is 11.9. The minimum atomic E-state index is -0.545. The fourth-order valence-electron chi connectivity index (χ4n) is 2.34. The first-order valence-electron chi connectivity index (χ1n) is 6.66. The maximum absolute atomic E-state index is 11.9. The third-order valence-electron chi connectivity index (χ3n) is 3.45. The second kappa shape index (κ2) is 6.01. The van der Waals surface area contributed by atoms with Crippen molar-refractivity contribution in [3.8, 4) is 0 Å². The Morgan fingerprint density at radius 2 is 2.10 bits per heavy atom. The van der Waals surface area contributed by atoms with E-state index in [1.165, 1.54) is 4.90 Å². The van der Waals surface area contributed by atoms with Crippen LogP contribution in [0.2, 0.25) is 0 Å². The van der Waals surface area contributed by atoms with Gasteiger partial charge in [0, 0.05) is 26.2 Å². The van der Waals surface area contributed by atoms with E-state index in [4.69, 9.17) is 16.2 Å². The van der Waals surface area contributed by atoms with Gasteiger partial charge in [-0.15, -0.1) is 0 Å². The molecule has 1 aliphatic rings. The van der Waals surface area contributed by atoms with Gasteiger partial charge < -0.3 is 26.0 Å². The van der Waals surface area contributed by atoms with Gasteiger partial charge in [0.1, 0.15) is 6.04 Å². The van der Waals surface area contributed by atoms with Crippen LogP contribution in [0.4, 0.5) is 11.4 Å². The fourth-order valence-corrected chi connectivity index (χ4v) is 2.34. The largest absolute Gasteiger partial charge is 0.397 e. The number of rotatable bonds is 3. The van der Waals surface area contributed by atoms with Gasteiger partial charge in [-0.25, -0.2) is 0 Å². The van der Waals surface area contributed by atoms with E-state index < -0.39 is 11.9 Å². The van der Waals surface area contributed by atoms with Crippen molar-refractivity contribution in [1.29, 1.82) is 0 Å². The Morgan fingerprint density at radius 1 is 1.38 bits per heavy atom. The standard InChI is InChI=1S/C14H20N4O3/c1-17(2)14(20)9-3-4-11(10(15)7-9)18-5-6-21-8-12(18)13(16)19/h3-4,7,12H,5-6,8,15H2,1-2H3,(H2,16,19). The molecule has 1 aliphatic heterocycles. The molecule has 114 valence electrons. The summed E-state index contributed by atoms with van der Waals surface area (Å²) >= 11 is 0. The number of nitrogen functional groups attached to an aromatic ring is 1. The van der Waals surface area contributed by atoms with Gasteiger partial charge in [0.2, 0.25) is 5.91 Å². The molecule has 1 aromatic rings. The zero-order chi connectivity index (χ0) is 15.6. The Kier molecular flexibility index (Phi) is 4.32. The molecule has 0 aliphatic carbocycles. The fraction of sp³-hybridized carbons (Fsp3) is 0.429. The number of anilines is 2. The van der Waals surface area contributed by atoms with E-state index in [0.29, 0.717) is 30.1 Å². The lowest BCUT2D eigenvalue weighted by Crippen LogP contribution is -2.52. The minimum Gasteiger partial charge on any atom is -0.397 e. The van der Waals surface area contributed by atoms with Crippen LogP contribution in [0.3, 0.4) is 0 Å². The van der Waals surface area contributed by atoms with Crippen LogP contribution in [0, 0.1) is 0 Å². The van der Waals surface area contributed by atoms with Crippen molar-refractivity contribution < 1.29 is 14.3 Å². The number of carbonyl (C=O) groups excluding carboxylic acids is 2. The molecular weight excluding hydrogens is 272 g/mol. The molecule has 1 heterocycles. The van der Waals surface area contributed by atoms with Gasteiger partial charge in [0.15, 0.2) is 0 Å². The number of hydrogen-bond donors (Lipinski definition) is 2. The van der Waals surface area contributed by atoms with Crippen molar-refractivity contribution in [2.24, 2.45) is 5.73 Å². The van der Waals surface area contributed by atoms with Crippen LogP contribution in [-0.4, -0.2) is 56.6 Å². The number of nitrogens with two attached hydrogens (primary N) is 2. The zero-order valence-corrected chi connectivity index (χ0v) is 12.2. The van der Waals surface area contributed by atoms with E-state index in [2.05, 4.69) is 0 Å². The molecule has 1 atom stereocenters. The van der Waals surface area contributed by atoms with E-state index >= 15 is 0 Å². The van der Waals surface area contributed by atoms with Crippen molar-refractivity contribution in [1.82, 2.24) is 4.90 Å². The Balaban J connectivity index is 2.31. The molecule has 21 heavy (non-hydrogen) atoms. The molecular formula is C14H20N4O3. The summed E-state index contributed by atoms with van der Waals surface area (Å²) in [4.78, 5) is 26.7. The van der Waals surface area contributed by atoms with Crippen molar-refractivity contribution in [2.75, 3.05) is 44.5 Å². The molecule has 7 heteroatoms. The summed E-state index contributed by atoms with van der Waals surface area (Å²) < 4.78 is 5.28. The van der Waals surface area contributed by atoms with Crippen LogP contribution in [-0.2, 0) is 9.53 Å². The Labute approximate surface area is 123 Å². The third-order valence-corrected chi connectivity index (χ3v) is 3.45. The van der Waals surface area contributed by atoms with Gasteiger partial charge in [-0.3, -0.25) is 9.59 Å². The summed E-state index contributed by atoms with van der Waals surface area (Å²) in [5.41, 5.74) is 13.1. The number of ether oxygens (including phenoxy) is 1. The number of nitrogens with zero attached hydrogens (tertiary/aromatic N) is 2. The molecule has 1 fully saturated rings. The van der Waals surface area contributed by atoms with Crippen molar-refractivity contribution in [2.45, 2.75) is 6.04 Å². The zero-order valence-electron chi connectivity index (χ0n) is 12.2. The molecule has 0 aromatic heterocycles. The topological polar surface area (TPSA) is 102 Å². The smallest absolute Gasteiger partial charge is 0.253 e. The summed E-state index contributed by atoms with van der Waals surface area (Å²) in [6.07, 6.45) is 0. The number of morpholine rings is 1. The quantitative estimate of drug-likeness (QED) is 0.742. The normalized spacial score (nSPS) is 18.4. The average molecular weight is 292 g/mol. The Hall–Kier alpha value is -2.28. The molecule has 0 radical (unpaired) electrons. The second-order valence-corrected chi connectivity index (χ2v) is 5.16. The van der Waals surface area contributed by atoms with Crippen LogP contribution < -0.4 is 16.4 Å². The summed E-state index contributed by atoms with van der Waals surface area (Å²) in [6.45, 7) is 1.27. The predicted octanol–water partition coefficient (Wildman–Crippen LogP) is -0.339. The highest BCUT2D eigenvalue weighted by Gasteiger charge is 2.29. The van der Waals surface area contributed by atoms with Crippen molar-refractivity contribution >= 4 is 23.2 Å². The SMILES string of the molecule is CN(C)C(=O)c1ccc(N2CCOCC2C(N)=O)c(N)c1. The highest BCUT2D eigenvalue weighted by Crippen LogP contribution is 2.27. The van der Waals surface area contributed by atoms with Gasteiger partial charge in [0.05, 0.1) is 24.6 Å². The summed E-state index contributed by atoms with van der Waals surface area (Å²) in [5, 5.41) is 0. The first kappa shape index (κ1) is 15.1. The van der Waals surface area contributed by atoms with E-state index in [1.54, 1.807) is 32.3 Å². The van der Waals surface area contributed by atoms with Gasteiger partial charge >= 0.3 is 0 Å². The number of hydrogen-bond acceptors (Lipinski definition) is 5. The molecule has 7 nitrogen and oxygen atoms in total. The van der Waals surface area contributed by atoms with Crippen LogP contribution in [0.25, 0.3) is 0 Å². The molecule has 2 amide bonds.